The number of carboxylic acids is 1. The molecule has 7 heteroatoms. The molecular weight excluding hydrogens is 316 g/mol. The summed E-state index contributed by atoms with van der Waals surface area (Å²) in [5.74, 6) is -0.619. The highest BCUT2D eigenvalue weighted by molar-refractivity contribution is 7.09. The van der Waals surface area contributed by atoms with Gasteiger partial charge in [-0.25, -0.2) is 9.78 Å². The highest BCUT2D eigenvalue weighted by Gasteiger charge is 2.10. The van der Waals surface area contributed by atoms with Gasteiger partial charge in [0.2, 0.25) is 0 Å². The predicted octanol–water partition coefficient (Wildman–Crippen LogP) is 2.66. The van der Waals surface area contributed by atoms with Crippen LogP contribution in [0, 0.1) is 0 Å². The van der Waals surface area contributed by atoms with Crippen molar-refractivity contribution in [2.45, 2.75) is 26.3 Å². The lowest BCUT2D eigenvalue weighted by Crippen LogP contribution is -2.22. The summed E-state index contributed by atoms with van der Waals surface area (Å²) < 4.78 is 5.06. The number of amides is 1. The second-order valence-electron chi connectivity index (χ2n) is 5.21. The van der Waals surface area contributed by atoms with E-state index in [1.807, 2.05) is 5.38 Å². The molecule has 0 radical (unpaired) electrons. The van der Waals surface area contributed by atoms with Gasteiger partial charge in [0.05, 0.1) is 12.2 Å². The van der Waals surface area contributed by atoms with Crippen LogP contribution in [-0.4, -0.2) is 28.6 Å². The highest BCUT2D eigenvalue weighted by atomic mass is 32.1. The molecule has 0 atom stereocenters. The SMILES string of the molecule is CC(C)c1csc(CNC(=O)c2cccc(OCC(=O)O)c2)n1. The number of carbonyl (C=O) groups excluding carboxylic acids is 1. The number of nitrogens with one attached hydrogen (secondary N) is 1. The summed E-state index contributed by atoms with van der Waals surface area (Å²) >= 11 is 1.51. The molecule has 0 fully saturated rings. The van der Waals surface area contributed by atoms with Crippen molar-refractivity contribution in [1.82, 2.24) is 10.3 Å². The number of carboxylic acid groups (broad SMARTS) is 1. The first kappa shape index (κ1) is 17.0. The van der Waals surface area contributed by atoms with E-state index in [9.17, 15) is 9.59 Å². The summed E-state index contributed by atoms with van der Waals surface area (Å²) in [5.41, 5.74) is 1.43. The van der Waals surface area contributed by atoms with Crippen LogP contribution in [0.2, 0.25) is 0 Å². The van der Waals surface area contributed by atoms with Crippen molar-refractivity contribution in [3.8, 4) is 5.75 Å². The quantitative estimate of drug-likeness (QED) is 0.812. The van der Waals surface area contributed by atoms with Crippen LogP contribution in [-0.2, 0) is 11.3 Å². The van der Waals surface area contributed by atoms with Crippen LogP contribution < -0.4 is 10.1 Å². The molecule has 0 saturated heterocycles. The summed E-state index contributed by atoms with van der Waals surface area (Å²) in [6, 6.07) is 6.41. The fourth-order valence-corrected chi connectivity index (χ4v) is 2.70. The third kappa shape index (κ3) is 5.07. The van der Waals surface area contributed by atoms with E-state index < -0.39 is 12.6 Å². The number of carbonyl (C=O) groups is 2. The molecule has 0 aliphatic carbocycles. The lowest BCUT2D eigenvalue weighted by atomic mass is 10.2. The van der Waals surface area contributed by atoms with Gasteiger partial charge in [-0.05, 0) is 24.1 Å². The lowest BCUT2D eigenvalue weighted by Gasteiger charge is -2.06. The van der Waals surface area contributed by atoms with Gasteiger partial charge in [-0.2, -0.15) is 0 Å². The van der Waals surface area contributed by atoms with Crippen molar-refractivity contribution in [2.24, 2.45) is 0 Å². The monoisotopic (exact) mass is 334 g/mol. The number of aromatic nitrogens is 1. The van der Waals surface area contributed by atoms with Crippen LogP contribution >= 0.6 is 11.3 Å². The Bertz CT molecular complexity index is 697. The molecule has 1 amide bonds. The van der Waals surface area contributed by atoms with Crippen LogP contribution in [0.5, 0.6) is 5.75 Å². The largest absolute Gasteiger partial charge is 0.482 e. The average molecular weight is 334 g/mol. The number of rotatable bonds is 7. The fraction of sp³-hybridized carbons (Fsp3) is 0.312. The summed E-state index contributed by atoms with van der Waals surface area (Å²) in [6.07, 6.45) is 0. The Balaban J connectivity index is 1.94. The Morgan fingerprint density at radius 3 is 2.83 bits per heavy atom. The minimum atomic E-state index is -1.07. The molecule has 122 valence electrons. The second kappa shape index (κ2) is 7.73. The number of thiazole rings is 1. The zero-order chi connectivity index (χ0) is 16.8. The smallest absolute Gasteiger partial charge is 0.341 e. The van der Waals surface area contributed by atoms with Crippen LogP contribution in [0.3, 0.4) is 0 Å². The van der Waals surface area contributed by atoms with Gasteiger partial charge in [0.1, 0.15) is 10.8 Å². The predicted molar refractivity (Wildman–Crippen MR) is 86.9 cm³/mol. The summed E-state index contributed by atoms with van der Waals surface area (Å²) in [5, 5.41) is 14.2. The Kier molecular flexibility index (Phi) is 5.70. The number of nitrogens with zero attached hydrogens (tertiary/aromatic N) is 1. The van der Waals surface area contributed by atoms with Gasteiger partial charge in [-0.1, -0.05) is 19.9 Å². The normalized spacial score (nSPS) is 10.6. The van der Waals surface area contributed by atoms with E-state index in [-0.39, 0.29) is 5.91 Å². The maximum Gasteiger partial charge on any atom is 0.341 e. The second-order valence-corrected chi connectivity index (χ2v) is 6.16. The Hall–Kier alpha value is -2.41. The molecule has 0 saturated carbocycles. The van der Waals surface area contributed by atoms with Gasteiger partial charge in [0.15, 0.2) is 6.61 Å². The molecule has 0 bridgehead atoms. The average Bonchev–Trinajstić information content (AvgIpc) is 3.00. The molecule has 0 spiro atoms. The molecule has 2 aromatic rings. The minimum absolute atomic E-state index is 0.257. The molecule has 0 unspecified atom stereocenters. The van der Waals surface area contributed by atoms with Crippen LogP contribution in [0.25, 0.3) is 0 Å². The van der Waals surface area contributed by atoms with Gasteiger partial charge >= 0.3 is 5.97 Å². The number of hydrogen-bond acceptors (Lipinski definition) is 5. The third-order valence-corrected chi connectivity index (χ3v) is 3.89. The number of aliphatic carboxylic acids is 1. The van der Waals surface area contributed by atoms with E-state index in [2.05, 4.69) is 24.1 Å². The third-order valence-electron chi connectivity index (χ3n) is 3.02. The zero-order valence-corrected chi connectivity index (χ0v) is 13.7. The fourth-order valence-electron chi connectivity index (χ4n) is 1.80. The maximum absolute atomic E-state index is 12.1. The molecule has 0 aliphatic rings. The molecule has 23 heavy (non-hydrogen) atoms. The van der Waals surface area contributed by atoms with Gasteiger partial charge in [-0.15, -0.1) is 11.3 Å². The topological polar surface area (TPSA) is 88.5 Å². The van der Waals surface area contributed by atoms with E-state index in [0.717, 1.165) is 10.7 Å². The van der Waals surface area contributed by atoms with Gasteiger partial charge in [-0.3, -0.25) is 4.79 Å². The maximum atomic E-state index is 12.1. The summed E-state index contributed by atoms with van der Waals surface area (Å²) in [6.45, 7) is 4.05. The van der Waals surface area contributed by atoms with Gasteiger partial charge < -0.3 is 15.2 Å². The van der Waals surface area contributed by atoms with Gasteiger partial charge in [0.25, 0.3) is 5.91 Å². The Morgan fingerprint density at radius 2 is 2.17 bits per heavy atom. The first-order valence-corrected chi connectivity index (χ1v) is 8.01. The first-order valence-electron chi connectivity index (χ1n) is 7.13. The van der Waals surface area contributed by atoms with E-state index in [1.54, 1.807) is 18.2 Å². The van der Waals surface area contributed by atoms with Crippen molar-refractivity contribution >= 4 is 23.2 Å². The van der Waals surface area contributed by atoms with E-state index >= 15 is 0 Å². The van der Waals surface area contributed by atoms with Crippen molar-refractivity contribution < 1.29 is 19.4 Å². The zero-order valence-electron chi connectivity index (χ0n) is 12.9. The Morgan fingerprint density at radius 1 is 1.39 bits per heavy atom. The van der Waals surface area contributed by atoms with E-state index in [1.165, 1.54) is 17.4 Å². The van der Waals surface area contributed by atoms with Crippen molar-refractivity contribution in [3.05, 3.63) is 45.9 Å². The van der Waals surface area contributed by atoms with Crippen LogP contribution in [0.15, 0.2) is 29.6 Å². The van der Waals surface area contributed by atoms with E-state index in [0.29, 0.717) is 23.8 Å². The summed E-state index contributed by atoms with van der Waals surface area (Å²) in [4.78, 5) is 27.1. The minimum Gasteiger partial charge on any atom is -0.482 e. The number of benzene rings is 1. The van der Waals surface area contributed by atoms with Crippen molar-refractivity contribution in [3.63, 3.8) is 0 Å². The van der Waals surface area contributed by atoms with Crippen molar-refractivity contribution in [1.29, 1.82) is 0 Å². The van der Waals surface area contributed by atoms with Crippen LogP contribution in [0.4, 0.5) is 0 Å². The molecule has 2 rings (SSSR count). The standard InChI is InChI=1S/C16H18N2O4S/c1-10(2)13-9-23-14(18-13)7-17-16(21)11-4-3-5-12(6-11)22-8-15(19)20/h3-6,9-10H,7-8H2,1-2H3,(H,17,21)(H,19,20). The summed E-state index contributed by atoms with van der Waals surface area (Å²) in [7, 11) is 0. The lowest BCUT2D eigenvalue weighted by molar-refractivity contribution is -0.139. The highest BCUT2D eigenvalue weighted by Crippen LogP contribution is 2.18. The first-order chi connectivity index (χ1) is 11.0. The van der Waals surface area contributed by atoms with Crippen LogP contribution in [0.1, 0.15) is 40.8 Å². The van der Waals surface area contributed by atoms with Crippen molar-refractivity contribution in [2.75, 3.05) is 6.61 Å². The molecule has 6 nitrogen and oxygen atoms in total. The molecule has 1 heterocycles. The van der Waals surface area contributed by atoms with Gasteiger partial charge in [0, 0.05) is 10.9 Å². The molecule has 0 aliphatic heterocycles. The molecule has 1 aromatic carbocycles. The number of ether oxygens (including phenoxy) is 1. The molecule has 1 aromatic heterocycles. The van der Waals surface area contributed by atoms with E-state index in [4.69, 9.17) is 9.84 Å². The number of hydrogen-bond donors (Lipinski definition) is 2. The molecule has 2 N–H and O–H groups in total. The molecular formula is C16H18N2O4S. The Labute approximate surface area is 138 Å².